The fourth-order valence-corrected chi connectivity index (χ4v) is 4.88. The minimum absolute atomic E-state index is 0. The van der Waals surface area contributed by atoms with Crippen molar-refractivity contribution in [2.45, 2.75) is 63.3 Å². The molecule has 8 heteroatoms. The number of aliphatic imine (C=N–C) groups is 1. The molecule has 1 aliphatic heterocycles. The van der Waals surface area contributed by atoms with Crippen molar-refractivity contribution in [3.8, 4) is 5.75 Å². The smallest absolute Gasteiger partial charge is 0.255 e. The van der Waals surface area contributed by atoms with Gasteiger partial charge in [0.25, 0.3) is 5.91 Å². The maximum atomic E-state index is 10.8. The predicted molar refractivity (Wildman–Crippen MR) is 141 cm³/mol. The minimum atomic E-state index is -0.470. The molecule has 0 atom stereocenters. The number of hydrogen-bond donors (Lipinski definition) is 3. The molecule has 1 aromatic carbocycles. The molecular formula is C24H40IN5O2. The van der Waals surface area contributed by atoms with Crippen LogP contribution in [0.15, 0.2) is 29.3 Å². The Hall–Kier alpha value is -1.55. The Bertz CT molecular complexity index is 714. The van der Waals surface area contributed by atoms with Crippen LogP contribution in [0.5, 0.6) is 5.75 Å². The van der Waals surface area contributed by atoms with Gasteiger partial charge in [0, 0.05) is 25.7 Å². The lowest BCUT2D eigenvalue weighted by Gasteiger charge is -2.48. The molecule has 1 saturated carbocycles. The van der Waals surface area contributed by atoms with Gasteiger partial charge in [-0.2, -0.15) is 0 Å². The highest BCUT2D eigenvalue weighted by molar-refractivity contribution is 14.0. The fourth-order valence-electron chi connectivity index (χ4n) is 4.88. The van der Waals surface area contributed by atoms with Crippen LogP contribution in [0.3, 0.4) is 0 Å². The summed E-state index contributed by atoms with van der Waals surface area (Å²) >= 11 is 0. The van der Waals surface area contributed by atoms with E-state index < -0.39 is 5.91 Å². The summed E-state index contributed by atoms with van der Waals surface area (Å²) in [6.07, 6.45) is 11.6. The average molecular weight is 558 g/mol. The number of nitrogens with two attached hydrogens (primary N) is 1. The average Bonchev–Trinajstić information content (AvgIpc) is 2.82. The van der Waals surface area contributed by atoms with Gasteiger partial charge in [-0.15, -0.1) is 24.0 Å². The van der Waals surface area contributed by atoms with Crippen LogP contribution in [0.1, 0.15) is 56.9 Å². The molecule has 1 saturated heterocycles. The number of hydrogen-bond acceptors (Lipinski definition) is 4. The number of amides is 1. The number of ether oxygens (including phenoxy) is 1. The Morgan fingerprint density at radius 3 is 2.34 bits per heavy atom. The van der Waals surface area contributed by atoms with E-state index in [4.69, 9.17) is 10.5 Å². The van der Waals surface area contributed by atoms with E-state index in [-0.39, 0.29) is 36.1 Å². The molecule has 1 heterocycles. The highest BCUT2D eigenvalue weighted by Crippen LogP contribution is 2.35. The number of rotatable bonds is 9. The van der Waals surface area contributed by atoms with E-state index >= 15 is 0 Å². The van der Waals surface area contributed by atoms with Crippen molar-refractivity contribution in [2.24, 2.45) is 10.7 Å². The molecule has 1 aromatic rings. The summed E-state index contributed by atoms with van der Waals surface area (Å²) in [7, 11) is 1.84. The number of nitrogens with one attached hydrogen (secondary N) is 2. The van der Waals surface area contributed by atoms with E-state index in [1.54, 1.807) is 0 Å². The molecule has 3 rings (SSSR count). The van der Waals surface area contributed by atoms with Gasteiger partial charge in [-0.25, -0.2) is 0 Å². The quantitative estimate of drug-likeness (QED) is 0.247. The van der Waals surface area contributed by atoms with Crippen molar-refractivity contribution in [2.75, 3.05) is 39.8 Å². The van der Waals surface area contributed by atoms with Crippen LogP contribution < -0.4 is 21.1 Å². The second-order valence-electron chi connectivity index (χ2n) is 8.83. The molecule has 32 heavy (non-hydrogen) atoms. The maximum Gasteiger partial charge on any atom is 0.255 e. The van der Waals surface area contributed by atoms with Crippen molar-refractivity contribution >= 4 is 35.8 Å². The van der Waals surface area contributed by atoms with E-state index in [1.165, 1.54) is 70.0 Å². The standard InChI is InChI=1S/C24H39N5O2.HI/c1-26-23(27-15-12-20-8-10-21(11-9-20)31-18-22(25)30)28-19-24(13-4-2-5-14-24)29-16-6-3-7-17-29;/h8-11H,2-7,12-19H2,1H3,(H2,25,30)(H2,26,27,28);1H. The Kier molecular flexibility index (Phi) is 11.6. The molecular weight excluding hydrogens is 517 g/mol. The third-order valence-electron chi connectivity index (χ3n) is 6.63. The topological polar surface area (TPSA) is 92.0 Å². The lowest BCUT2D eigenvalue weighted by Crippen LogP contribution is -2.59. The van der Waals surface area contributed by atoms with Crippen LogP contribution in [0, 0.1) is 0 Å². The number of nitrogens with zero attached hydrogens (tertiary/aromatic N) is 2. The van der Waals surface area contributed by atoms with Gasteiger partial charge < -0.3 is 21.1 Å². The van der Waals surface area contributed by atoms with Crippen molar-refractivity contribution < 1.29 is 9.53 Å². The summed E-state index contributed by atoms with van der Waals surface area (Å²) < 4.78 is 5.31. The summed E-state index contributed by atoms with van der Waals surface area (Å²) in [5.41, 5.74) is 6.60. The number of carbonyl (C=O) groups excluding carboxylic acids is 1. The van der Waals surface area contributed by atoms with Gasteiger partial charge in [0.15, 0.2) is 12.6 Å². The number of primary amides is 1. The van der Waals surface area contributed by atoms with Gasteiger partial charge in [-0.1, -0.05) is 37.8 Å². The van der Waals surface area contributed by atoms with E-state index in [2.05, 4.69) is 20.5 Å². The Morgan fingerprint density at radius 1 is 1.06 bits per heavy atom. The fraction of sp³-hybridized carbons (Fsp3) is 0.667. The zero-order chi connectivity index (χ0) is 21.9. The third kappa shape index (κ3) is 8.10. The lowest BCUT2D eigenvalue weighted by atomic mass is 9.79. The number of piperidine rings is 1. The molecule has 0 radical (unpaired) electrons. The first-order valence-corrected chi connectivity index (χ1v) is 11.8. The zero-order valence-electron chi connectivity index (χ0n) is 19.4. The first kappa shape index (κ1) is 26.7. The van der Waals surface area contributed by atoms with Gasteiger partial charge in [0.05, 0.1) is 0 Å². The van der Waals surface area contributed by atoms with Gasteiger partial charge in [-0.05, 0) is 62.9 Å². The molecule has 4 N–H and O–H groups in total. The Balaban J connectivity index is 0.00000363. The van der Waals surface area contributed by atoms with Crippen molar-refractivity contribution in [3.63, 3.8) is 0 Å². The molecule has 1 aliphatic carbocycles. The molecule has 2 aliphatic rings. The minimum Gasteiger partial charge on any atom is -0.484 e. The van der Waals surface area contributed by atoms with Gasteiger partial charge in [0.2, 0.25) is 0 Å². The molecule has 2 fully saturated rings. The number of halogens is 1. The van der Waals surface area contributed by atoms with Crippen molar-refractivity contribution in [1.29, 1.82) is 0 Å². The number of benzene rings is 1. The van der Waals surface area contributed by atoms with Crippen LogP contribution in [0.4, 0.5) is 0 Å². The van der Waals surface area contributed by atoms with E-state index in [0.717, 1.165) is 25.5 Å². The van der Waals surface area contributed by atoms with Crippen molar-refractivity contribution in [3.05, 3.63) is 29.8 Å². The van der Waals surface area contributed by atoms with Crippen LogP contribution >= 0.6 is 24.0 Å². The number of guanidine groups is 1. The summed E-state index contributed by atoms with van der Waals surface area (Å²) in [5, 5.41) is 7.09. The first-order chi connectivity index (χ1) is 15.1. The predicted octanol–water partition coefficient (Wildman–Crippen LogP) is 3.07. The maximum absolute atomic E-state index is 10.8. The van der Waals surface area contributed by atoms with Gasteiger partial charge >= 0.3 is 0 Å². The molecule has 1 amide bonds. The van der Waals surface area contributed by atoms with Crippen LogP contribution in [-0.2, 0) is 11.2 Å². The van der Waals surface area contributed by atoms with E-state index in [0.29, 0.717) is 5.75 Å². The van der Waals surface area contributed by atoms with Crippen LogP contribution in [-0.4, -0.2) is 62.1 Å². The normalized spacial score (nSPS) is 19.0. The highest BCUT2D eigenvalue weighted by atomic mass is 127. The molecule has 180 valence electrons. The zero-order valence-corrected chi connectivity index (χ0v) is 21.7. The third-order valence-corrected chi connectivity index (χ3v) is 6.63. The Labute approximate surface area is 210 Å². The largest absolute Gasteiger partial charge is 0.484 e. The summed E-state index contributed by atoms with van der Waals surface area (Å²) in [6, 6.07) is 7.77. The second kappa shape index (κ2) is 13.9. The molecule has 7 nitrogen and oxygen atoms in total. The lowest BCUT2D eigenvalue weighted by molar-refractivity contribution is -0.119. The second-order valence-corrected chi connectivity index (χ2v) is 8.83. The highest BCUT2D eigenvalue weighted by Gasteiger charge is 2.38. The number of likely N-dealkylation sites (tertiary alicyclic amines) is 1. The Morgan fingerprint density at radius 2 is 1.72 bits per heavy atom. The number of carbonyl (C=O) groups is 1. The van der Waals surface area contributed by atoms with Crippen LogP contribution in [0.2, 0.25) is 0 Å². The van der Waals surface area contributed by atoms with Gasteiger partial charge in [0.1, 0.15) is 5.75 Å². The first-order valence-electron chi connectivity index (χ1n) is 11.8. The molecule has 0 unspecified atom stereocenters. The van der Waals surface area contributed by atoms with E-state index in [9.17, 15) is 4.79 Å². The van der Waals surface area contributed by atoms with Crippen molar-refractivity contribution in [1.82, 2.24) is 15.5 Å². The summed E-state index contributed by atoms with van der Waals surface area (Å²) in [5.74, 6) is 1.06. The molecule has 0 bridgehead atoms. The van der Waals surface area contributed by atoms with Crippen LogP contribution in [0.25, 0.3) is 0 Å². The SMILES string of the molecule is CN=C(NCCc1ccc(OCC(N)=O)cc1)NCC1(N2CCCCC2)CCCCC1.I. The van der Waals surface area contributed by atoms with Gasteiger partial charge in [-0.3, -0.25) is 14.7 Å². The summed E-state index contributed by atoms with van der Waals surface area (Å²) in [6.45, 7) is 4.16. The van der Waals surface area contributed by atoms with E-state index in [1.807, 2.05) is 31.3 Å². The monoisotopic (exact) mass is 557 g/mol. The molecule has 0 aromatic heterocycles. The molecule has 0 spiro atoms. The summed E-state index contributed by atoms with van der Waals surface area (Å²) in [4.78, 5) is 18.0.